The van der Waals surface area contributed by atoms with Crippen molar-refractivity contribution >= 4 is 0 Å². The summed E-state index contributed by atoms with van der Waals surface area (Å²) in [6.45, 7) is 4.55. The molecule has 0 radical (unpaired) electrons. The summed E-state index contributed by atoms with van der Waals surface area (Å²) >= 11 is 0. The number of morpholine rings is 1. The van der Waals surface area contributed by atoms with Gasteiger partial charge >= 0.3 is 0 Å². The van der Waals surface area contributed by atoms with E-state index in [1.54, 1.807) is 0 Å². The minimum Gasteiger partial charge on any atom is -0.375 e. The first-order valence-corrected chi connectivity index (χ1v) is 6.53. The third kappa shape index (κ3) is 1.93. The second kappa shape index (κ2) is 4.40. The number of ether oxygens (including phenoxy) is 1. The molecule has 2 heterocycles. The summed E-state index contributed by atoms with van der Waals surface area (Å²) in [5.74, 6) is 0. The van der Waals surface area contributed by atoms with Gasteiger partial charge in [0.2, 0.25) is 0 Å². The molecule has 1 aliphatic carbocycles. The van der Waals surface area contributed by atoms with Crippen molar-refractivity contribution < 1.29 is 4.74 Å². The molecule has 0 spiro atoms. The number of rotatable bonds is 1. The Kier molecular flexibility index (Phi) is 2.95. The molecule has 2 saturated heterocycles. The van der Waals surface area contributed by atoms with Gasteiger partial charge in [-0.1, -0.05) is 0 Å². The van der Waals surface area contributed by atoms with Crippen molar-refractivity contribution in [1.82, 2.24) is 10.2 Å². The summed E-state index contributed by atoms with van der Waals surface area (Å²) in [5, 5.41) is 3.46. The van der Waals surface area contributed by atoms with Crippen molar-refractivity contribution in [2.24, 2.45) is 0 Å². The molecular weight excluding hydrogens is 188 g/mol. The van der Waals surface area contributed by atoms with Gasteiger partial charge in [0, 0.05) is 18.6 Å². The van der Waals surface area contributed by atoms with Crippen LogP contribution in [0.5, 0.6) is 0 Å². The summed E-state index contributed by atoms with van der Waals surface area (Å²) in [4.78, 5) is 2.77. The van der Waals surface area contributed by atoms with Gasteiger partial charge in [-0.05, 0) is 45.2 Å². The van der Waals surface area contributed by atoms with Crippen molar-refractivity contribution in [1.29, 1.82) is 0 Å². The molecule has 0 aromatic rings. The van der Waals surface area contributed by atoms with Gasteiger partial charge in [-0.15, -0.1) is 0 Å². The van der Waals surface area contributed by atoms with Gasteiger partial charge in [0.15, 0.2) is 0 Å². The Balaban J connectivity index is 1.67. The summed E-state index contributed by atoms with van der Waals surface area (Å²) in [7, 11) is 0. The molecule has 0 amide bonds. The fraction of sp³-hybridized carbons (Fsp3) is 1.00. The molecule has 3 fully saturated rings. The second-order valence-corrected chi connectivity index (χ2v) is 5.13. The van der Waals surface area contributed by atoms with Gasteiger partial charge < -0.3 is 10.1 Å². The molecule has 1 saturated carbocycles. The van der Waals surface area contributed by atoms with Crippen molar-refractivity contribution in [3.05, 3.63) is 0 Å². The van der Waals surface area contributed by atoms with Crippen LogP contribution in [0.15, 0.2) is 0 Å². The van der Waals surface area contributed by atoms with Gasteiger partial charge in [-0.25, -0.2) is 0 Å². The minimum atomic E-state index is 0.564. The van der Waals surface area contributed by atoms with Crippen molar-refractivity contribution in [2.45, 2.75) is 50.3 Å². The maximum absolute atomic E-state index is 5.87. The third-order valence-corrected chi connectivity index (χ3v) is 4.30. The zero-order chi connectivity index (χ0) is 10.1. The van der Waals surface area contributed by atoms with E-state index >= 15 is 0 Å². The maximum Gasteiger partial charge on any atom is 0.0731 e. The van der Waals surface area contributed by atoms with E-state index in [2.05, 4.69) is 10.2 Å². The lowest BCUT2D eigenvalue weighted by Crippen LogP contribution is -2.55. The van der Waals surface area contributed by atoms with Crippen LogP contribution >= 0.6 is 0 Å². The molecule has 3 nitrogen and oxygen atoms in total. The summed E-state index contributed by atoms with van der Waals surface area (Å²) < 4.78 is 5.87. The smallest absolute Gasteiger partial charge is 0.0731 e. The highest BCUT2D eigenvalue weighted by atomic mass is 16.5. The lowest BCUT2D eigenvalue weighted by atomic mass is 10.00. The maximum atomic E-state index is 5.87. The van der Waals surface area contributed by atoms with E-state index in [0.29, 0.717) is 6.10 Å². The Bertz CT molecular complexity index is 216. The first kappa shape index (κ1) is 10.1. The Morgan fingerprint density at radius 1 is 1.07 bits per heavy atom. The van der Waals surface area contributed by atoms with Crippen molar-refractivity contribution in [3.63, 3.8) is 0 Å². The molecule has 3 heteroatoms. The van der Waals surface area contributed by atoms with Crippen LogP contribution in [0.25, 0.3) is 0 Å². The van der Waals surface area contributed by atoms with E-state index in [4.69, 9.17) is 4.74 Å². The molecule has 3 aliphatic rings. The number of hydrogen-bond donors (Lipinski definition) is 1. The zero-order valence-electron chi connectivity index (χ0n) is 9.45. The Labute approximate surface area is 92.2 Å². The van der Waals surface area contributed by atoms with E-state index in [9.17, 15) is 0 Å². The SMILES string of the molecule is C1CC2OCCN(C3CCNCC3)C2C1. The quantitative estimate of drug-likeness (QED) is 0.698. The average molecular weight is 210 g/mol. The molecule has 15 heavy (non-hydrogen) atoms. The first-order valence-electron chi connectivity index (χ1n) is 6.53. The molecule has 86 valence electrons. The van der Waals surface area contributed by atoms with Crippen LogP contribution in [-0.2, 0) is 4.74 Å². The largest absolute Gasteiger partial charge is 0.375 e. The molecular formula is C12H22N2O. The van der Waals surface area contributed by atoms with Crippen LogP contribution in [0.2, 0.25) is 0 Å². The molecule has 0 bridgehead atoms. The van der Waals surface area contributed by atoms with E-state index < -0.39 is 0 Å². The van der Waals surface area contributed by atoms with E-state index in [1.807, 2.05) is 0 Å². The van der Waals surface area contributed by atoms with E-state index in [1.165, 1.54) is 51.7 Å². The number of nitrogens with one attached hydrogen (secondary N) is 1. The lowest BCUT2D eigenvalue weighted by Gasteiger charge is -2.44. The number of piperidine rings is 1. The number of nitrogens with zero attached hydrogens (tertiary/aromatic N) is 1. The van der Waals surface area contributed by atoms with Gasteiger partial charge in [-0.3, -0.25) is 4.90 Å². The molecule has 2 atom stereocenters. The van der Waals surface area contributed by atoms with Crippen LogP contribution in [0.4, 0.5) is 0 Å². The molecule has 2 aliphatic heterocycles. The minimum absolute atomic E-state index is 0.564. The lowest BCUT2D eigenvalue weighted by molar-refractivity contribution is -0.0754. The standard InChI is InChI=1S/C12H22N2O/c1-2-11-12(3-1)15-9-8-14(11)10-4-6-13-7-5-10/h10-13H,1-9H2. The van der Waals surface area contributed by atoms with Crippen molar-refractivity contribution in [3.8, 4) is 0 Å². The van der Waals surface area contributed by atoms with E-state index in [-0.39, 0.29) is 0 Å². The highest BCUT2D eigenvalue weighted by Gasteiger charge is 2.39. The van der Waals surface area contributed by atoms with Gasteiger partial charge in [0.25, 0.3) is 0 Å². The Hall–Kier alpha value is -0.120. The van der Waals surface area contributed by atoms with Gasteiger partial charge in [0.1, 0.15) is 0 Å². The van der Waals surface area contributed by atoms with Crippen LogP contribution in [0.1, 0.15) is 32.1 Å². The van der Waals surface area contributed by atoms with E-state index in [0.717, 1.165) is 18.7 Å². The first-order chi connectivity index (χ1) is 7.45. The summed E-state index contributed by atoms with van der Waals surface area (Å²) in [6.07, 6.45) is 7.28. The molecule has 0 aromatic carbocycles. The van der Waals surface area contributed by atoms with Crippen LogP contribution in [0.3, 0.4) is 0 Å². The van der Waals surface area contributed by atoms with Crippen LogP contribution in [-0.4, -0.2) is 49.3 Å². The second-order valence-electron chi connectivity index (χ2n) is 5.13. The Morgan fingerprint density at radius 2 is 1.93 bits per heavy atom. The zero-order valence-corrected chi connectivity index (χ0v) is 9.45. The fourth-order valence-corrected chi connectivity index (χ4v) is 3.55. The Morgan fingerprint density at radius 3 is 2.80 bits per heavy atom. The molecule has 1 N–H and O–H groups in total. The number of fused-ring (bicyclic) bond motifs is 1. The molecule has 3 rings (SSSR count). The highest BCUT2D eigenvalue weighted by molar-refractivity contribution is 4.93. The normalized spacial score (nSPS) is 39.2. The topological polar surface area (TPSA) is 24.5 Å². The van der Waals surface area contributed by atoms with Crippen LogP contribution < -0.4 is 5.32 Å². The summed E-state index contributed by atoms with van der Waals surface area (Å²) in [6, 6.07) is 1.59. The highest BCUT2D eigenvalue weighted by Crippen LogP contribution is 2.32. The number of hydrogen-bond acceptors (Lipinski definition) is 3. The predicted octanol–water partition coefficient (Wildman–Crippen LogP) is 0.992. The molecule has 0 aromatic heterocycles. The van der Waals surface area contributed by atoms with Crippen molar-refractivity contribution in [2.75, 3.05) is 26.2 Å². The predicted molar refractivity (Wildman–Crippen MR) is 60.0 cm³/mol. The molecule has 2 unspecified atom stereocenters. The monoisotopic (exact) mass is 210 g/mol. The average Bonchev–Trinajstić information content (AvgIpc) is 2.78. The van der Waals surface area contributed by atoms with Gasteiger partial charge in [-0.2, -0.15) is 0 Å². The summed E-state index contributed by atoms with van der Waals surface area (Å²) in [5.41, 5.74) is 0. The third-order valence-electron chi connectivity index (χ3n) is 4.30. The fourth-order valence-electron chi connectivity index (χ4n) is 3.55. The van der Waals surface area contributed by atoms with Crippen LogP contribution in [0, 0.1) is 0 Å². The van der Waals surface area contributed by atoms with Gasteiger partial charge in [0.05, 0.1) is 12.7 Å².